The van der Waals surface area contributed by atoms with Crippen molar-refractivity contribution in [1.29, 1.82) is 0 Å². The van der Waals surface area contributed by atoms with Crippen LogP contribution in [0.1, 0.15) is 13.8 Å². The van der Waals surface area contributed by atoms with Crippen molar-refractivity contribution in [1.82, 2.24) is 9.97 Å². The fraction of sp³-hybridized carbons (Fsp3) is 0.600. The van der Waals surface area contributed by atoms with E-state index in [1.54, 1.807) is 12.4 Å². The van der Waals surface area contributed by atoms with Crippen LogP contribution in [-0.2, 0) is 0 Å². The highest BCUT2D eigenvalue weighted by molar-refractivity contribution is 9.10. The van der Waals surface area contributed by atoms with Gasteiger partial charge in [0.2, 0.25) is 5.95 Å². The lowest BCUT2D eigenvalue weighted by atomic mass is 9.83. The standard InChI is InChI=1S/C10H14BrN3O/c1-7(2)10(15)5-14(6-10)9-12-3-8(11)4-13-9/h3-4,7,15H,5-6H2,1-2H3. The van der Waals surface area contributed by atoms with Crippen LogP contribution < -0.4 is 4.90 Å². The zero-order valence-corrected chi connectivity index (χ0v) is 10.4. The van der Waals surface area contributed by atoms with Crippen molar-refractivity contribution in [3.05, 3.63) is 16.9 Å². The maximum atomic E-state index is 10.1. The van der Waals surface area contributed by atoms with Crippen LogP contribution in [0.5, 0.6) is 0 Å². The van der Waals surface area contributed by atoms with Gasteiger partial charge in [-0.3, -0.25) is 0 Å². The minimum Gasteiger partial charge on any atom is -0.386 e. The molecule has 1 aromatic heterocycles. The average Bonchev–Trinajstić information content (AvgIpc) is 2.14. The minimum absolute atomic E-state index is 0.268. The third-order valence-corrected chi connectivity index (χ3v) is 3.30. The SMILES string of the molecule is CC(C)C1(O)CN(c2ncc(Br)cn2)C1. The molecule has 2 rings (SSSR count). The van der Waals surface area contributed by atoms with E-state index in [2.05, 4.69) is 25.9 Å². The average molecular weight is 272 g/mol. The number of anilines is 1. The van der Waals surface area contributed by atoms with Crippen LogP contribution in [0.4, 0.5) is 5.95 Å². The molecular formula is C10H14BrN3O. The first-order chi connectivity index (χ1) is 7.01. The lowest BCUT2D eigenvalue weighted by Crippen LogP contribution is -2.65. The van der Waals surface area contributed by atoms with E-state index in [9.17, 15) is 5.11 Å². The van der Waals surface area contributed by atoms with Crippen molar-refractivity contribution < 1.29 is 5.11 Å². The van der Waals surface area contributed by atoms with E-state index >= 15 is 0 Å². The van der Waals surface area contributed by atoms with Crippen molar-refractivity contribution >= 4 is 21.9 Å². The molecule has 4 nitrogen and oxygen atoms in total. The zero-order valence-electron chi connectivity index (χ0n) is 8.81. The van der Waals surface area contributed by atoms with Gasteiger partial charge in [0.15, 0.2) is 0 Å². The molecule has 15 heavy (non-hydrogen) atoms. The van der Waals surface area contributed by atoms with Gasteiger partial charge in [0, 0.05) is 12.4 Å². The van der Waals surface area contributed by atoms with Crippen LogP contribution in [-0.4, -0.2) is 33.8 Å². The molecule has 0 atom stereocenters. The van der Waals surface area contributed by atoms with Gasteiger partial charge in [0.05, 0.1) is 17.6 Å². The number of rotatable bonds is 2. The Balaban J connectivity index is 2.03. The normalized spacial score (nSPS) is 19.1. The second-order valence-electron chi connectivity index (χ2n) is 4.32. The maximum Gasteiger partial charge on any atom is 0.225 e. The summed E-state index contributed by atoms with van der Waals surface area (Å²) in [5, 5.41) is 10.1. The molecule has 82 valence electrons. The highest BCUT2D eigenvalue weighted by Crippen LogP contribution is 2.30. The second kappa shape index (κ2) is 3.72. The highest BCUT2D eigenvalue weighted by atomic mass is 79.9. The molecular weight excluding hydrogens is 258 g/mol. The zero-order chi connectivity index (χ0) is 11.1. The van der Waals surface area contributed by atoms with Crippen molar-refractivity contribution in [3.63, 3.8) is 0 Å². The van der Waals surface area contributed by atoms with Crippen LogP contribution in [0.3, 0.4) is 0 Å². The quantitative estimate of drug-likeness (QED) is 0.885. The smallest absolute Gasteiger partial charge is 0.225 e. The van der Waals surface area contributed by atoms with Crippen LogP contribution >= 0.6 is 15.9 Å². The van der Waals surface area contributed by atoms with Gasteiger partial charge >= 0.3 is 0 Å². The first kappa shape index (κ1) is 10.8. The van der Waals surface area contributed by atoms with Crippen LogP contribution in [0.15, 0.2) is 16.9 Å². The second-order valence-corrected chi connectivity index (χ2v) is 5.23. The molecule has 0 unspecified atom stereocenters. The van der Waals surface area contributed by atoms with E-state index in [-0.39, 0.29) is 5.92 Å². The Bertz CT molecular complexity index is 346. The number of hydrogen-bond donors (Lipinski definition) is 1. The maximum absolute atomic E-state index is 10.1. The summed E-state index contributed by atoms with van der Waals surface area (Å²) in [4.78, 5) is 10.3. The summed E-state index contributed by atoms with van der Waals surface area (Å²) >= 11 is 3.29. The largest absolute Gasteiger partial charge is 0.386 e. The number of nitrogens with zero attached hydrogens (tertiary/aromatic N) is 3. The number of halogens is 1. The Morgan fingerprint density at radius 2 is 1.93 bits per heavy atom. The fourth-order valence-corrected chi connectivity index (χ4v) is 1.79. The molecule has 0 bridgehead atoms. The number of hydrogen-bond acceptors (Lipinski definition) is 4. The minimum atomic E-state index is -0.573. The summed E-state index contributed by atoms with van der Waals surface area (Å²) in [6.45, 7) is 5.29. The van der Waals surface area contributed by atoms with Crippen LogP contribution in [0.25, 0.3) is 0 Å². The Labute approximate surface area is 97.5 Å². The topological polar surface area (TPSA) is 49.2 Å². The Morgan fingerprint density at radius 3 is 2.40 bits per heavy atom. The molecule has 1 N–H and O–H groups in total. The number of β-amino-alcohol motifs (C(OH)–C–C–N with tert-alkyl or cyclic N) is 1. The molecule has 1 aliphatic rings. The van der Waals surface area contributed by atoms with E-state index in [0.717, 1.165) is 4.47 Å². The van der Waals surface area contributed by atoms with Gasteiger partial charge in [-0.1, -0.05) is 13.8 Å². The summed E-state index contributed by atoms with van der Waals surface area (Å²) in [6, 6.07) is 0. The molecule has 0 amide bonds. The number of aliphatic hydroxyl groups is 1. The first-order valence-electron chi connectivity index (χ1n) is 4.96. The van der Waals surface area contributed by atoms with Crippen molar-refractivity contribution in [2.45, 2.75) is 19.4 Å². The summed E-state index contributed by atoms with van der Waals surface area (Å²) < 4.78 is 0.867. The van der Waals surface area contributed by atoms with Crippen molar-refractivity contribution in [2.24, 2.45) is 5.92 Å². The van der Waals surface area contributed by atoms with E-state index in [4.69, 9.17) is 0 Å². The first-order valence-corrected chi connectivity index (χ1v) is 5.75. The molecule has 1 fully saturated rings. The Kier molecular flexibility index (Phi) is 2.68. The van der Waals surface area contributed by atoms with Crippen LogP contribution in [0.2, 0.25) is 0 Å². The van der Waals surface area contributed by atoms with Crippen LogP contribution in [0, 0.1) is 5.92 Å². The molecule has 0 aliphatic carbocycles. The van der Waals surface area contributed by atoms with Gasteiger partial charge < -0.3 is 10.0 Å². The molecule has 1 aliphatic heterocycles. The monoisotopic (exact) mass is 271 g/mol. The lowest BCUT2D eigenvalue weighted by Gasteiger charge is -2.48. The molecule has 5 heteroatoms. The molecule has 0 aromatic carbocycles. The summed E-state index contributed by atoms with van der Waals surface area (Å²) in [6.07, 6.45) is 3.43. The third kappa shape index (κ3) is 1.99. The third-order valence-electron chi connectivity index (χ3n) is 2.89. The summed E-state index contributed by atoms with van der Waals surface area (Å²) in [5.74, 6) is 0.952. The van der Waals surface area contributed by atoms with E-state index < -0.39 is 5.60 Å². The predicted molar refractivity (Wildman–Crippen MR) is 61.7 cm³/mol. The highest BCUT2D eigenvalue weighted by Gasteiger charge is 2.44. The van der Waals surface area contributed by atoms with Crippen molar-refractivity contribution in [2.75, 3.05) is 18.0 Å². The molecule has 0 saturated carbocycles. The van der Waals surface area contributed by atoms with Gasteiger partial charge in [0.1, 0.15) is 5.60 Å². The van der Waals surface area contributed by atoms with Gasteiger partial charge in [0.25, 0.3) is 0 Å². The predicted octanol–water partition coefficient (Wildman–Crippen LogP) is 1.45. The lowest BCUT2D eigenvalue weighted by molar-refractivity contribution is -0.0308. The number of aromatic nitrogens is 2. The molecule has 2 heterocycles. The Morgan fingerprint density at radius 1 is 1.40 bits per heavy atom. The molecule has 0 radical (unpaired) electrons. The van der Waals surface area contributed by atoms with Gasteiger partial charge in [-0.2, -0.15) is 0 Å². The summed E-state index contributed by atoms with van der Waals surface area (Å²) in [7, 11) is 0. The molecule has 1 aromatic rings. The van der Waals surface area contributed by atoms with Gasteiger partial charge in [-0.15, -0.1) is 0 Å². The Hall–Kier alpha value is -0.680. The van der Waals surface area contributed by atoms with Crippen molar-refractivity contribution in [3.8, 4) is 0 Å². The van der Waals surface area contributed by atoms with Gasteiger partial charge in [-0.05, 0) is 21.8 Å². The molecule has 0 spiro atoms. The summed E-state index contributed by atoms with van der Waals surface area (Å²) in [5.41, 5.74) is -0.573. The van der Waals surface area contributed by atoms with E-state index in [1.165, 1.54) is 0 Å². The van der Waals surface area contributed by atoms with E-state index in [0.29, 0.717) is 19.0 Å². The van der Waals surface area contributed by atoms with Gasteiger partial charge in [-0.25, -0.2) is 9.97 Å². The fourth-order valence-electron chi connectivity index (χ4n) is 1.59. The van der Waals surface area contributed by atoms with E-state index in [1.807, 2.05) is 18.7 Å². The molecule has 1 saturated heterocycles.